The van der Waals surface area contributed by atoms with E-state index in [9.17, 15) is 5.11 Å². The van der Waals surface area contributed by atoms with E-state index in [4.69, 9.17) is 22.3 Å². The summed E-state index contributed by atoms with van der Waals surface area (Å²) in [7, 11) is 0. The van der Waals surface area contributed by atoms with Crippen molar-refractivity contribution in [2.75, 3.05) is 0 Å². The number of phenolic OH excluding ortho intramolecular Hbond substituents is 1. The first-order valence-electron chi connectivity index (χ1n) is 26.8. The average Bonchev–Trinajstić information content (AvgIpc) is 3.69. The molecule has 0 atom stereocenters. The summed E-state index contributed by atoms with van der Waals surface area (Å²) in [4.78, 5) is 10.4. The van der Waals surface area contributed by atoms with Crippen LogP contribution >= 0.6 is 0 Å². The van der Waals surface area contributed by atoms with Crippen LogP contribution in [-0.2, 0) is 16.2 Å². The zero-order chi connectivity index (χ0) is 53.4. The standard InChI is InChI=1S/C60H65N3O/c1-37(2)42-33-51(38(3)4)56(64)52(34-42)57-62-55-50(20-17-21-54(55)63(57)49-32-43(39-18-15-14-16-19-39)29-48(36-49)60(11,12)13)44-28-45(31-47(30-44)59(8,9)10)53-35-41(26-27-61-53)40-22-24-46(25-23-40)58(5,6)7/h14-38,64H,1-13H3/i5D3,6D3,7D3. The van der Waals surface area contributed by atoms with Gasteiger partial charge in [0.1, 0.15) is 11.6 Å². The van der Waals surface area contributed by atoms with Gasteiger partial charge in [-0.25, -0.2) is 4.98 Å². The summed E-state index contributed by atoms with van der Waals surface area (Å²) < 4.78 is 76.1. The van der Waals surface area contributed by atoms with Gasteiger partial charge in [0.25, 0.3) is 0 Å². The number of aromatic nitrogens is 3. The molecule has 6 aromatic carbocycles. The smallest absolute Gasteiger partial charge is 0.149 e. The topological polar surface area (TPSA) is 50.9 Å². The van der Waals surface area contributed by atoms with Gasteiger partial charge >= 0.3 is 0 Å². The molecule has 0 radical (unpaired) electrons. The summed E-state index contributed by atoms with van der Waals surface area (Å²) in [6.07, 6.45) is 1.69. The number of nitrogens with zero attached hydrogens (tertiary/aromatic N) is 3. The lowest BCUT2D eigenvalue weighted by Crippen LogP contribution is -2.12. The molecule has 0 saturated carbocycles. The van der Waals surface area contributed by atoms with Gasteiger partial charge in [-0.2, -0.15) is 0 Å². The van der Waals surface area contributed by atoms with Crippen molar-refractivity contribution in [3.63, 3.8) is 0 Å². The zero-order valence-corrected chi connectivity index (χ0v) is 38.7. The van der Waals surface area contributed by atoms with E-state index in [0.717, 1.165) is 66.8 Å². The monoisotopic (exact) mass is 853 g/mol. The third-order valence-corrected chi connectivity index (χ3v) is 12.3. The Morgan fingerprint density at radius 1 is 0.531 bits per heavy atom. The van der Waals surface area contributed by atoms with Crippen LogP contribution in [0.2, 0.25) is 0 Å². The lowest BCUT2D eigenvalue weighted by molar-refractivity contribution is 0.466. The Labute approximate surface area is 394 Å². The van der Waals surface area contributed by atoms with E-state index in [1.807, 2.05) is 12.1 Å². The highest BCUT2D eigenvalue weighted by atomic mass is 16.3. The van der Waals surface area contributed by atoms with E-state index in [1.54, 1.807) is 24.4 Å². The number of aromatic hydroxyl groups is 1. The van der Waals surface area contributed by atoms with Gasteiger partial charge in [-0.3, -0.25) is 9.55 Å². The summed E-state index contributed by atoms with van der Waals surface area (Å²) in [5.41, 5.74) is 10.2. The van der Waals surface area contributed by atoms with Gasteiger partial charge in [-0.05, 0) is 132 Å². The fourth-order valence-electron chi connectivity index (χ4n) is 8.41. The zero-order valence-electron chi connectivity index (χ0n) is 47.7. The third-order valence-electron chi connectivity index (χ3n) is 12.3. The Kier molecular flexibility index (Phi) is 8.92. The molecule has 0 aliphatic heterocycles. The SMILES string of the molecule is [2H]C([2H])([2H])C(c1ccc(-c2ccnc(-c3cc(-c4cccc5c4nc(-c4cc(C(C)C)cc(C(C)C)c4O)n5-c4cc(-c5ccccc5)cc(C(C)(C)C)c4)cc(C(C)(C)C)c3)c2)cc1)(C([2H])([2H])[2H])C([2H])([2H])[2H]. The molecule has 8 rings (SSSR count). The predicted octanol–water partition coefficient (Wildman–Crippen LogP) is 16.6. The van der Waals surface area contributed by atoms with Crippen molar-refractivity contribution in [1.82, 2.24) is 14.5 Å². The van der Waals surface area contributed by atoms with Gasteiger partial charge in [0, 0.05) is 35.3 Å². The number of pyridine rings is 1. The molecule has 0 saturated heterocycles. The van der Waals surface area contributed by atoms with Crippen LogP contribution in [0.25, 0.3) is 72.7 Å². The molecule has 0 fully saturated rings. The molecule has 0 aliphatic rings. The van der Waals surface area contributed by atoms with Gasteiger partial charge < -0.3 is 5.11 Å². The molecular formula is C60H65N3O. The molecule has 1 N–H and O–H groups in total. The van der Waals surface area contributed by atoms with Crippen molar-refractivity contribution in [3.8, 4) is 67.5 Å². The summed E-state index contributed by atoms with van der Waals surface area (Å²) in [6, 6.07) is 43.4. The molecule has 64 heavy (non-hydrogen) atoms. The van der Waals surface area contributed by atoms with Crippen molar-refractivity contribution >= 4 is 11.0 Å². The normalized spacial score (nSPS) is 15.2. The van der Waals surface area contributed by atoms with Gasteiger partial charge in [0.05, 0.1) is 22.3 Å². The number of fused-ring (bicyclic) bond motifs is 1. The van der Waals surface area contributed by atoms with Crippen molar-refractivity contribution < 1.29 is 17.4 Å². The Balaban J connectivity index is 1.35. The summed E-state index contributed by atoms with van der Waals surface area (Å²) in [6.45, 7) is 11.6. The second kappa shape index (κ2) is 16.7. The number of phenols is 1. The predicted molar refractivity (Wildman–Crippen MR) is 272 cm³/mol. The maximum Gasteiger partial charge on any atom is 0.149 e. The van der Waals surface area contributed by atoms with E-state index in [0.29, 0.717) is 28.2 Å². The second-order valence-corrected chi connectivity index (χ2v) is 20.0. The van der Waals surface area contributed by atoms with Crippen molar-refractivity contribution in [3.05, 3.63) is 167 Å². The van der Waals surface area contributed by atoms with Gasteiger partial charge in [0.15, 0.2) is 0 Å². The minimum atomic E-state index is -3.37. The van der Waals surface area contributed by atoms with E-state index in [-0.39, 0.29) is 34.0 Å². The van der Waals surface area contributed by atoms with Crippen LogP contribution in [0.5, 0.6) is 5.75 Å². The molecule has 4 nitrogen and oxygen atoms in total. The van der Waals surface area contributed by atoms with Crippen LogP contribution in [0.1, 0.15) is 142 Å². The Morgan fingerprint density at radius 3 is 1.84 bits per heavy atom. The van der Waals surface area contributed by atoms with Gasteiger partial charge in [0.2, 0.25) is 0 Å². The third kappa shape index (κ3) is 8.80. The Morgan fingerprint density at radius 2 is 1.19 bits per heavy atom. The molecule has 326 valence electrons. The van der Waals surface area contributed by atoms with Crippen molar-refractivity contribution in [1.29, 1.82) is 0 Å². The number of imidazole rings is 1. The fraction of sp³-hybridized carbons (Fsp3) is 0.300. The maximum atomic E-state index is 12.3. The van der Waals surface area contributed by atoms with Gasteiger partial charge in [-0.15, -0.1) is 0 Å². The molecule has 0 spiro atoms. The molecule has 0 bridgehead atoms. The van der Waals surface area contributed by atoms with Crippen molar-refractivity contribution in [2.24, 2.45) is 0 Å². The largest absolute Gasteiger partial charge is 0.507 e. The molecule has 2 aromatic heterocycles. The quantitative estimate of drug-likeness (QED) is 0.166. The summed E-state index contributed by atoms with van der Waals surface area (Å²) >= 11 is 0. The van der Waals surface area contributed by atoms with E-state index in [2.05, 4.69) is 165 Å². The number of benzene rings is 6. The minimum absolute atomic E-state index is 0.0496. The number of hydrogen-bond acceptors (Lipinski definition) is 3. The number of para-hydroxylation sites is 1. The molecule has 8 aromatic rings. The first kappa shape index (κ1) is 34.2. The minimum Gasteiger partial charge on any atom is -0.507 e. The van der Waals surface area contributed by atoms with Crippen LogP contribution in [0, 0.1) is 0 Å². The van der Waals surface area contributed by atoms with Crippen LogP contribution in [0.4, 0.5) is 0 Å². The molecule has 4 heteroatoms. The van der Waals surface area contributed by atoms with Crippen LogP contribution in [-0.4, -0.2) is 19.6 Å². The maximum absolute atomic E-state index is 12.3. The summed E-state index contributed by atoms with van der Waals surface area (Å²) in [5, 5.41) is 12.3. The van der Waals surface area contributed by atoms with Crippen LogP contribution in [0.3, 0.4) is 0 Å². The molecular weight excluding hydrogens is 779 g/mol. The lowest BCUT2D eigenvalue weighted by Gasteiger charge is -2.23. The first-order valence-corrected chi connectivity index (χ1v) is 22.3. The Bertz CT molecular complexity index is 3300. The second-order valence-electron chi connectivity index (χ2n) is 20.0. The molecule has 2 heterocycles. The van der Waals surface area contributed by atoms with E-state index >= 15 is 0 Å². The highest BCUT2D eigenvalue weighted by Gasteiger charge is 2.26. The lowest BCUT2D eigenvalue weighted by atomic mass is 9.83. The Hall–Kier alpha value is -6.26. The first-order chi connectivity index (χ1) is 33.9. The number of rotatable bonds is 8. The average molecular weight is 853 g/mol. The van der Waals surface area contributed by atoms with Crippen molar-refractivity contribution in [2.45, 2.75) is 118 Å². The molecule has 0 amide bonds. The highest BCUT2D eigenvalue weighted by molar-refractivity contribution is 5.97. The molecule has 0 aliphatic carbocycles. The van der Waals surface area contributed by atoms with Crippen LogP contribution in [0.15, 0.2) is 140 Å². The summed E-state index contributed by atoms with van der Waals surface area (Å²) in [5.74, 6) is 1.06. The number of hydrogen-bond donors (Lipinski definition) is 1. The highest BCUT2D eigenvalue weighted by Crippen LogP contribution is 2.44. The van der Waals surface area contributed by atoms with Gasteiger partial charge in [-0.1, -0.05) is 175 Å². The fourth-order valence-corrected chi connectivity index (χ4v) is 8.41. The van der Waals surface area contributed by atoms with E-state index < -0.39 is 26.0 Å². The van der Waals surface area contributed by atoms with Crippen LogP contribution < -0.4 is 0 Å². The molecule has 0 unspecified atom stereocenters. The van der Waals surface area contributed by atoms with E-state index in [1.165, 1.54) is 12.1 Å².